The largest absolute Gasteiger partial charge is 0.481 e. The second kappa shape index (κ2) is 5.70. The zero-order valence-electron chi connectivity index (χ0n) is 12.6. The van der Waals surface area contributed by atoms with Crippen LogP contribution < -0.4 is 4.74 Å². The summed E-state index contributed by atoms with van der Waals surface area (Å²) in [6, 6.07) is 4.12. The fourth-order valence-corrected chi connectivity index (χ4v) is 3.80. The second-order valence-electron chi connectivity index (χ2n) is 6.20. The molecule has 3 heterocycles. The maximum atomic E-state index is 5.35. The molecule has 0 atom stereocenters. The van der Waals surface area contributed by atoms with Crippen LogP contribution >= 0.6 is 0 Å². The van der Waals surface area contributed by atoms with Crippen LogP contribution in [0.5, 0.6) is 5.88 Å². The number of ether oxygens (including phenoxy) is 1. The van der Waals surface area contributed by atoms with Crippen molar-refractivity contribution in [2.24, 2.45) is 0 Å². The van der Waals surface area contributed by atoms with Crippen LogP contribution in [0.1, 0.15) is 31.2 Å². The molecular formula is C16H25N3O. The third-order valence-electron chi connectivity index (χ3n) is 5.17. The minimum absolute atomic E-state index is 0.496. The summed E-state index contributed by atoms with van der Waals surface area (Å²) < 4.78 is 5.35. The van der Waals surface area contributed by atoms with Crippen molar-refractivity contribution >= 4 is 0 Å². The van der Waals surface area contributed by atoms with Crippen molar-refractivity contribution < 1.29 is 4.74 Å². The Hall–Kier alpha value is -1.13. The molecule has 2 aliphatic heterocycles. The molecule has 2 saturated heterocycles. The lowest BCUT2D eigenvalue weighted by atomic mass is 9.85. The first-order valence-electron chi connectivity index (χ1n) is 7.65. The number of hydrogen-bond donors (Lipinski definition) is 0. The number of methoxy groups -OCH3 is 1. The average Bonchev–Trinajstić information content (AvgIpc) is 2.83. The third-order valence-corrected chi connectivity index (χ3v) is 5.17. The van der Waals surface area contributed by atoms with Gasteiger partial charge in [-0.2, -0.15) is 0 Å². The monoisotopic (exact) mass is 275 g/mol. The molecule has 1 aromatic heterocycles. The maximum absolute atomic E-state index is 5.35. The van der Waals surface area contributed by atoms with E-state index in [1.807, 2.05) is 6.07 Å². The molecule has 0 radical (unpaired) electrons. The summed E-state index contributed by atoms with van der Waals surface area (Å²) in [4.78, 5) is 9.42. The van der Waals surface area contributed by atoms with E-state index < -0.39 is 0 Å². The number of likely N-dealkylation sites (tertiary alicyclic amines) is 2. The summed E-state index contributed by atoms with van der Waals surface area (Å²) in [6.07, 6.45) is 7.14. The molecule has 2 fully saturated rings. The molecule has 1 aromatic rings. The summed E-state index contributed by atoms with van der Waals surface area (Å²) in [5, 5.41) is 0. The number of hydrogen-bond acceptors (Lipinski definition) is 4. The smallest absolute Gasteiger partial charge is 0.217 e. The summed E-state index contributed by atoms with van der Waals surface area (Å²) in [5.74, 6) is 0.769. The van der Waals surface area contributed by atoms with E-state index in [4.69, 9.17) is 4.74 Å². The van der Waals surface area contributed by atoms with Crippen LogP contribution in [0.4, 0.5) is 0 Å². The first kappa shape index (κ1) is 13.8. The van der Waals surface area contributed by atoms with Crippen LogP contribution in [0.15, 0.2) is 18.3 Å². The number of rotatable bonds is 3. The van der Waals surface area contributed by atoms with Crippen molar-refractivity contribution in [3.8, 4) is 5.88 Å². The first-order valence-corrected chi connectivity index (χ1v) is 7.65. The molecule has 4 nitrogen and oxygen atoms in total. The van der Waals surface area contributed by atoms with E-state index in [-0.39, 0.29) is 0 Å². The molecule has 4 heteroatoms. The number of pyridine rings is 1. The van der Waals surface area contributed by atoms with Crippen molar-refractivity contribution in [2.75, 3.05) is 33.8 Å². The zero-order valence-corrected chi connectivity index (χ0v) is 12.6. The number of nitrogens with zero attached hydrogens (tertiary/aromatic N) is 3. The molecular weight excluding hydrogens is 250 g/mol. The Bertz CT molecular complexity index is 455. The third kappa shape index (κ3) is 2.54. The van der Waals surface area contributed by atoms with Gasteiger partial charge in [-0.05, 0) is 45.3 Å². The fourth-order valence-electron chi connectivity index (χ4n) is 3.80. The van der Waals surface area contributed by atoms with Crippen LogP contribution in [0.3, 0.4) is 0 Å². The van der Waals surface area contributed by atoms with Gasteiger partial charge >= 0.3 is 0 Å². The molecule has 3 rings (SSSR count). The first-order chi connectivity index (χ1) is 9.73. The minimum Gasteiger partial charge on any atom is -0.481 e. The lowest BCUT2D eigenvalue weighted by molar-refractivity contribution is 0.0669. The van der Waals surface area contributed by atoms with Gasteiger partial charge < -0.3 is 9.64 Å². The topological polar surface area (TPSA) is 28.6 Å². The van der Waals surface area contributed by atoms with Gasteiger partial charge in [-0.1, -0.05) is 6.07 Å². The van der Waals surface area contributed by atoms with Gasteiger partial charge in [0.2, 0.25) is 5.88 Å². The summed E-state index contributed by atoms with van der Waals surface area (Å²) in [6.45, 7) is 4.60. The van der Waals surface area contributed by atoms with Gasteiger partial charge in [0.15, 0.2) is 0 Å². The van der Waals surface area contributed by atoms with E-state index >= 15 is 0 Å². The summed E-state index contributed by atoms with van der Waals surface area (Å²) in [7, 11) is 4.00. The molecule has 2 aliphatic rings. The zero-order chi connectivity index (χ0) is 14.0. The predicted octanol–water partition coefficient (Wildman–Crippen LogP) is 2.15. The quantitative estimate of drug-likeness (QED) is 0.845. The summed E-state index contributed by atoms with van der Waals surface area (Å²) >= 11 is 0. The van der Waals surface area contributed by atoms with Gasteiger partial charge in [-0.15, -0.1) is 0 Å². The predicted molar refractivity (Wildman–Crippen MR) is 79.9 cm³/mol. The average molecular weight is 275 g/mol. The Kier molecular flexibility index (Phi) is 3.94. The van der Waals surface area contributed by atoms with E-state index in [1.54, 1.807) is 13.3 Å². The van der Waals surface area contributed by atoms with Crippen molar-refractivity contribution in [1.82, 2.24) is 14.8 Å². The molecule has 0 N–H and O–H groups in total. The van der Waals surface area contributed by atoms with Gasteiger partial charge in [0, 0.05) is 36.9 Å². The van der Waals surface area contributed by atoms with Gasteiger partial charge in [-0.3, -0.25) is 4.90 Å². The van der Waals surface area contributed by atoms with Crippen molar-refractivity contribution in [2.45, 2.75) is 37.8 Å². The lowest BCUT2D eigenvalue weighted by Crippen LogP contribution is -2.50. The molecule has 0 bridgehead atoms. The van der Waals surface area contributed by atoms with E-state index in [1.165, 1.54) is 50.9 Å². The highest BCUT2D eigenvalue weighted by atomic mass is 16.5. The van der Waals surface area contributed by atoms with E-state index in [0.29, 0.717) is 5.54 Å². The highest BCUT2D eigenvalue weighted by Gasteiger charge is 2.40. The number of aromatic nitrogens is 1. The van der Waals surface area contributed by atoms with Gasteiger partial charge in [0.1, 0.15) is 0 Å². The molecule has 0 aromatic carbocycles. The Balaban J connectivity index is 1.61. The Morgan fingerprint density at radius 3 is 2.70 bits per heavy atom. The van der Waals surface area contributed by atoms with Gasteiger partial charge in [0.25, 0.3) is 0 Å². The van der Waals surface area contributed by atoms with Crippen molar-refractivity contribution in [1.29, 1.82) is 0 Å². The second-order valence-corrected chi connectivity index (χ2v) is 6.20. The number of piperidine rings is 1. The minimum atomic E-state index is 0.496. The highest BCUT2D eigenvalue weighted by molar-refractivity contribution is 5.25. The Morgan fingerprint density at radius 2 is 2.05 bits per heavy atom. The van der Waals surface area contributed by atoms with Crippen LogP contribution in [0.2, 0.25) is 0 Å². The van der Waals surface area contributed by atoms with Crippen LogP contribution in [0.25, 0.3) is 0 Å². The van der Waals surface area contributed by atoms with Gasteiger partial charge in [0.05, 0.1) is 7.11 Å². The molecule has 0 amide bonds. The Labute approximate surface area is 121 Å². The van der Waals surface area contributed by atoms with E-state index in [9.17, 15) is 0 Å². The van der Waals surface area contributed by atoms with E-state index in [2.05, 4.69) is 27.9 Å². The normalized spacial score (nSPS) is 23.3. The van der Waals surface area contributed by atoms with Crippen LogP contribution in [0, 0.1) is 0 Å². The summed E-state index contributed by atoms with van der Waals surface area (Å²) in [5.41, 5.74) is 1.70. The fraction of sp³-hybridized carbons (Fsp3) is 0.688. The van der Waals surface area contributed by atoms with Crippen LogP contribution in [-0.4, -0.2) is 54.1 Å². The van der Waals surface area contributed by atoms with Gasteiger partial charge in [-0.25, -0.2) is 4.98 Å². The molecule has 0 saturated carbocycles. The SMILES string of the molecule is COc1ncccc1CN1CCC2(CCCN2C)CC1. The molecule has 0 aliphatic carbocycles. The molecule has 110 valence electrons. The lowest BCUT2D eigenvalue weighted by Gasteiger charge is -2.43. The van der Waals surface area contributed by atoms with E-state index in [0.717, 1.165) is 12.4 Å². The van der Waals surface area contributed by atoms with Crippen LogP contribution in [-0.2, 0) is 6.54 Å². The molecule has 1 spiro atoms. The van der Waals surface area contributed by atoms with Crippen molar-refractivity contribution in [3.05, 3.63) is 23.9 Å². The highest BCUT2D eigenvalue weighted by Crippen LogP contribution is 2.37. The maximum Gasteiger partial charge on any atom is 0.217 e. The standard InChI is InChI=1S/C16H25N3O/c1-18-10-4-6-16(18)7-11-19(12-8-16)13-14-5-3-9-17-15(14)20-2/h3,5,9H,4,6-8,10-13H2,1-2H3. The van der Waals surface area contributed by atoms with Crippen molar-refractivity contribution in [3.63, 3.8) is 0 Å². The molecule has 0 unspecified atom stereocenters. The molecule has 20 heavy (non-hydrogen) atoms. The Morgan fingerprint density at radius 1 is 1.25 bits per heavy atom.